The van der Waals surface area contributed by atoms with Crippen LogP contribution in [0.3, 0.4) is 0 Å². The van der Waals surface area contributed by atoms with Gasteiger partial charge in [0.15, 0.2) is 0 Å². The summed E-state index contributed by atoms with van der Waals surface area (Å²) in [6.45, 7) is 1.72. The van der Waals surface area contributed by atoms with Gasteiger partial charge in [-0.05, 0) is 43.0 Å². The molecule has 2 N–H and O–H groups in total. The van der Waals surface area contributed by atoms with Crippen LogP contribution in [0, 0.1) is 0 Å². The van der Waals surface area contributed by atoms with Crippen molar-refractivity contribution in [1.29, 1.82) is 0 Å². The Morgan fingerprint density at radius 2 is 1.71 bits per heavy atom. The van der Waals surface area contributed by atoms with Crippen LogP contribution in [0.1, 0.15) is 37.0 Å². The van der Waals surface area contributed by atoms with Gasteiger partial charge in [0.2, 0.25) is 5.91 Å². The van der Waals surface area contributed by atoms with Crippen LogP contribution in [0.4, 0.5) is 5.69 Å². The molecule has 1 atom stereocenters. The van der Waals surface area contributed by atoms with E-state index in [0.717, 1.165) is 29.7 Å². The van der Waals surface area contributed by atoms with Crippen LogP contribution in [0.5, 0.6) is 0 Å². The Morgan fingerprint density at radius 1 is 1.10 bits per heavy atom. The van der Waals surface area contributed by atoms with Crippen molar-refractivity contribution in [3.63, 3.8) is 0 Å². The highest BCUT2D eigenvalue weighted by atomic mass is 16.3. The van der Waals surface area contributed by atoms with E-state index in [-0.39, 0.29) is 11.3 Å². The van der Waals surface area contributed by atoms with Crippen LogP contribution < -0.4 is 5.32 Å². The van der Waals surface area contributed by atoms with Crippen molar-refractivity contribution in [3.8, 4) is 0 Å². The molecule has 3 rings (SSSR count). The summed E-state index contributed by atoms with van der Waals surface area (Å²) < 4.78 is 0. The molecule has 3 heteroatoms. The summed E-state index contributed by atoms with van der Waals surface area (Å²) in [5.74, 6) is 0.0542. The van der Waals surface area contributed by atoms with Gasteiger partial charge >= 0.3 is 0 Å². The first kappa shape index (κ1) is 13.8. The average Bonchev–Trinajstić information content (AvgIpc) is 3.30. The van der Waals surface area contributed by atoms with Crippen LogP contribution in [0.25, 0.3) is 0 Å². The van der Waals surface area contributed by atoms with Gasteiger partial charge in [0.1, 0.15) is 0 Å². The van der Waals surface area contributed by atoms with Gasteiger partial charge in [0, 0.05) is 5.69 Å². The van der Waals surface area contributed by atoms with E-state index in [1.165, 1.54) is 0 Å². The first-order chi connectivity index (χ1) is 10.1. The predicted molar refractivity (Wildman–Crippen MR) is 83.1 cm³/mol. The summed E-state index contributed by atoms with van der Waals surface area (Å²) >= 11 is 0. The molecular weight excluding hydrogens is 262 g/mol. The number of hydrogen-bond donors (Lipinski definition) is 2. The lowest BCUT2D eigenvalue weighted by atomic mass is 9.95. The standard InChI is InChI=1S/C18H19NO2/c1-13(20)14-7-9-16(10-8-14)19-17(21)18(11-12-18)15-5-3-2-4-6-15/h2-10,13,20H,11-12H2,1H3,(H,19,21). The fraction of sp³-hybridized carbons (Fsp3) is 0.278. The largest absolute Gasteiger partial charge is 0.389 e. The van der Waals surface area contributed by atoms with Crippen LogP contribution in [-0.4, -0.2) is 11.0 Å². The molecule has 1 aliphatic carbocycles. The Kier molecular flexibility index (Phi) is 3.52. The van der Waals surface area contributed by atoms with Crippen molar-refractivity contribution in [2.45, 2.75) is 31.3 Å². The Hall–Kier alpha value is -2.13. The lowest BCUT2D eigenvalue weighted by Crippen LogP contribution is -2.27. The highest BCUT2D eigenvalue weighted by Crippen LogP contribution is 2.48. The normalized spacial score (nSPS) is 17.0. The van der Waals surface area contributed by atoms with E-state index >= 15 is 0 Å². The Bertz CT molecular complexity index is 628. The van der Waals surface area contributed by atoms with E-state index in [1.54, 1.807) is 6.92 Å². The van der Waals surface area contributed by atoms with Crippen LogP contribution >= 0.6 is 0 Å². The topological polar surface area (TPSA) is 49.3 Å². The number of carbonyl (C=O) groups excluding carboxylic acids is 1. The average molecular weight is 281 g/mol. The van der Waals surface area contributed by atoms with Gasteiger partial charge in [0.05, 0.1) is 11.5 Å². The first-order valence-electron chi connectivity index (χ1n) is 7.27. The van der Waals surface area contributed by atoms with Gasteiger partial charge in [0.25, 0.3) is 0 Å². The molecule has 21 heavy (non-hydrogen) atoms. The number of rotatable bonds is 4. The third-order valence-electron chi connectivity index (χ3n) is 4.16. The number of aliphatic hydroxyl groups is 1. The summed E-state index contributed by atoms with van der Waals surface area (Å²) in [7, 11) is 0. The molecule has 3 nitrogen and oxygen atoms in total. The molecule has 2 aromatic carbocycles. The molecule has 2 aromatic rings. The number of aliphatic hydroxyl groups excluding tert-OH is 1. The fourth-order valence-corrected chi connectivity index (χ4v) is 2.62. The van der Waals surface area contributed by atoms with Crippen molar-refractivity contribution < 1.29 is 9.90 Å². The van der Waals surface area contributed by atoms with E-state index < -0.39 is 6.10 Å². The zero-order chi connectivity index (χ0) is 14.9. The Balaban J connectivity index is 1.75. The minimum atomic E-state index is -0.492. The molecule has 0 aliphatic heterocycles. The highest BCUT2D eigenvalue weighted by Gasteiger charge is 2.51. The van der Waals surface area contributed by atoms with Crippen molar-refractivity contribution >= 4 is 11.6 Å². The van der Waals surface area contributed by atoms with Gasteiger partial charge in [-0.3, -0.25) is 4.79 Å². The number of nitrogens with one attached hydrogen (secondary N) is 1. The molecule has 0 aromatic heterocycles. The number of benzene rings is 2. The van der Waals surface area contributed by atoms with E-state index in [1.807, 2.05) is 54.6 Å². The van der Waals surface area contributed by atoms with Crippen molar-refractivity contribution in [2.24, 2.45) is 0 Å². The number of carbonyl (C=O) groups is 1. The third-order valence-corrected chi connectivity index (χ3v) is 4.16. The second kappa shape index (κ2) is 5.34. The summed E-state index contributed by atoms with van der Waals surface area (Å²) in [6, 6.07) is 17.3. The van der Waals surface area contributed by atoms with E-state index in [2.05, 4.69) is 5.32 Å². The van der Waals surface area contributed by atoms with E-state index in [4.69, 9.17) is 0 Å². The van der Waals surface area contributed by atoms with Gasteiger partial charge in [-0.2, -0.15) is 0 Å². The quantitative estimate of drug-likeness (QED) is 0.902. The molecule has 0 spiro atoms. The van der Waals surface area contributed by atoms with E-state index in [0.29, 0.717) is 0 Å². The van der Waals surface area contributed by atoms with Crippen molar-refractivity contribution in [3.05, 3.63) is 65.7 Å². The number of hydrogen-bond acceptors (Lipinski definition) is 2. The second-order valence-corrected chi connectivity index (χ2v) is 5.70. The van der Waals surface area contributed by atoms with E-state index in [9.17, 15) is 9.90 Å². The predicted octanol–water partition coefficient (Wildman–Crippen LogP) is 3.41. The number of amides is 1. The second-order valence-electron chi connectivity index (χ2n) is 5.70. The molecule has 0 heterocycles. The number of anilines is 1. The summed E-state index contributed by atoms with van der Waals surface area (Å²) in [6.07, 6.45) is 1.30. The smallest absolute Gasteiger partial charge is 0.235 e. The van der Waals surface area contributed by atoms with Crippen molar-refractivity contribution in [2.75, 3.05) is 5.32 Å². The molecule has 0 bridgehead atoms. The summed E-state index contributed by atoms with van der Waals surface area (Å²) in [4.78, 5) is 12.6. The first-order valence-corrected chi connectivity index (χ1v) is 7.27. The Labute approximate surface area is 124 Å². The summed E-state index contributed by atoms with van der Waals surface area (Å²) in [5.41, 5.74) is 2.34. The van der Waals surface area contributed by atoms with Gasteiger partial charge in [-0.1, -0.05) is 42.5 Å². The minimum Gasteiger partial charge on any atom is -0.389 e. The molecule has 0 radical (unpaired) electrons. The van der Waals surface area contributed by atoms with Gasteiger partial charge in [-0.25, -0.2) is 0 Å². The monoisotopic (exact) mass is 281 g/mol. The fourth-order valence-electron chi connectivity index (χ4n) is 2.62. The van der Waals surface area contributed by atoms with Crippen LogP contribution in [0.2, 0.25) is 0 Å². The van der Waals surface area contributed by atoms with Crippen LogP contribution in [0.15, 0.2) is 54.6 Å². The lowest BCUT2D eigenvalue weighted by Gasteiger charge is -2.16. The zero-order valence-electron chi connectivity index (χ0n) is 12.0. The molecule has 1 unspecified atom stereocenters. The lowest BCUT2D eigenvalue weighted by molar-refractivity contribution is -0.118. The molecule has 0 saturated heterocycles. The maximum Gasteiger partial charge on any atom is 0.235 e. The Morgan fingerprint density at radius 3 is 2.24 bits per heavy atom. The SMILES string of the molecule is CC(O)c1ccc(NC(=O)C2(c3ccccc3)CC2)cc1. The molecular formula is C18H19NO2. The maximum atomic E-state index is 12.6. The third kappa shape index (κ3) is 2.69. The zero-order valence-corrected chi connectivity index (χ0v) is 12.0. The van der Waals surface area contributed by atoms with Gasteiger partial charge in [-0.15, -0.1) is 0 Å². The molecule has 1 fully saturated rings. The molecule has 1 saturated carbocycles. The van der Waals surface area contributed by atoms with Gasteiger partial charge < -0.3 is 10.4 Å². The van der Waals surface area contributed by atoms with Crippen LogP contribution in [-0.2, 0) is 10.2 Å². The molecule has 1 amide bonds. The minimum absolute atomic E-state index is 0.0542. The summed E-state index contributed by atoms with van der Waals surface area (Å²) in [5, 5.41) is 12.5. The molecule has 1 aliphatic rings. The maximum absolute atomic E-state index is 12.6. The highest BCUT2D eigenvalue weighted by molar-refractivity contribution is 6.01. The van der Waals surface area contributed by atoms with Crippen molar-refractivity contribution in [1.82, 2.24) is 0 Å². The molecule has 108 valence electrons.